The van der Waals surface area contributed by atoms with Gasteiger partial charge in [-0.25, -0.2) is 4.98 Å². The van der Waals surface area contributed by atoms with E-state index in [2.05, 4.69) is 20.5 Å². The van der Waals surface area contributed by atoms with E-state index >= 15 is 0 Å². The fourth-order valence-corrected chi connectivity index (χ4v) is 3.45. The summed E-state index contributed by atoms with van der Waals surface area (Å²) in [6.45, 7) is 4.70. The number of nitrogens with zero attached hydrogens (tertiary/aromatic N) is 2. The van der Waals surface area contributed by atoms with Crippen molar-refractivity contribution >= 4 is 46.5 Å². The molecule has 2 N–H and O–H groups in total. The normalized spacial score (nSPS) is 13.4. The minimum Gasteiger partial charge on any atom is -0.325 e. The Balaban J connectivity index is 1.53. The Morgan fingerprint density at radius 3 is 2.59 bits per heavy atom. The fraction of sp³-hybridized carbons (Fsp3) is 0.381. The highest BCUT2D eigenvalue weighted by atomic mass is 35.5. The van der Waals surface area contributed by atoms with Crippen molar-refractivity contribution in [2.75, 3.05) is 23.7 Å². The molecule has 0 saturated heterocycles. The average Bonchev–Trinajstić information content (AvgIpc) is 3.49. The zero-order valence-electron chi connectivity index (χ0n) is 16.5. The predicted octanol–water partition coefficient (Wildman–Crippen LogP) is 4.44. The molecule has 6 nitrogen and oxygen atoms in total. The Kier molecular flexibility index (Phi) is 7.11. The maximum absolute atomic E-state index is 12.5. The average molecular weight is 435 g/mol. The van der Waals surface area contributed by atoms with Crippen molar-refractivity contribution in [2.45, 2.75) is 39.2 Å². The van der Waals surface area contributed by atoms with E-state index in [0.717, 1.165) is 29.7 Å². The summed E-state index contributed by atoms with van der Waals surface area (Å²) in [5.41, 5.74) is 2.94. The molecule has 154 valence electrons. The summed E-state index contributed by atoms with van der Waals surface area (Å²) >= 11 is 11.9. The lowest BCUT2D eigenvalue weighted by atomic mass is 10.1. The second-order valence-electron chi connectivity index (χ2n) is 7.35. The van der Waals surface area contributed by atoms with Gasteiger partial charge in [0.1, 0.15) is 0 Å². The molecular weight excluding hydrogens is 411 g/mol. The van der Waals surface area contributed by atoms with E-state index in [1.54, 1.807) is 0 Å². The van der Waals surface area contributed by atoms with Crippen LogP contribution in [-0.4, -0.2) is 40.8 Å². The number of aryl methyl sites for hydroxylation is 2. The van der Waals surface area contributed by atoms with Crippen LogP contribution in [0.3, 0.4) is 0 Å². The number of halogens is 2. The van der Waals surface area contributed by atoms with Gasteiger partial charge in [0.25, 0.3) is 0 Å². The molecule has 1 aromatic carbocycles. The predicted molar refractivity (Wildman–Crippen MR) is 117 cm³/mol. The van der Waals surface area contributed by atoms with Crippen LogP contribution in [0.2, 0.25) is 10.0 Å². The largest absolute Gasteiger partial charge is 0.325 e. The number of hydrogen-bond acceptors (Lipinski definition) is 4. The highest BCUT2D eigenvalue weighted by Crippen LogP contribution is 2.27. The topological polar surface area (TPSA) is 74.3 Å². The van der Waals surface area contributed by atoms with Crippen LogP contribution in [0.15, 0.2) is 30.5 Å². The van der Waals surface area contributed by atoms with Crippen molar-refractivity contribution in [3.63, 3.8) is 0 Å². The van der Waals surface area contributed by atoms with Crippen LogP contribution in [0.5, 0.6) is 0 Å². The number of pyridine rings is 1. The molecule has 1 fully saturated rings. The monoisotopic (exact) mass is 434 g/mol. The summed E-state index contributed by atoms with van der Waals surface area (Å²) in [7, 11) is 0. The first-order valence-corrected chi connectivity index (χ1v) is 10.3. The van der Waals surface area contributed by atoms with Crippen LogP contribution in [0, 0.1) is 13.8 Å². The minimum atomic E-state index is -0.206. The summed E-state index contributed by atoms with van der Waals surface area (Å²) in [6, 6.07) is 7.85. The maximum Gasteiger partial charge on any atom is 0.238 e. The van der Waals surface area contributed by atoms with Gasteiger partial charge in [-0.3, -0.25) is 14.5 Å². The third-order valence-corrected chi connectivity index (χ3v) is 5.26. The molecule has 0 spiro atoms. The summed E-state index contributed by atoms with van der Waals surface area (Å²) in [6.07, 6.45) is 3.76. The minimum absolute atomic E-state index is 0.0755. The van der Waals surface area contributed by atoms with E-state index in [-0.39, 0.29) is 35.6 Å². The smallest absolute Gasteiger partial charge is 0.238 e. The Morgan fingerprint density at radius 2 is 1.90 bits per heavy atom. The Labute approximate surface area is 180 Å². The molecule has 1 heterocycles. The fourth-order valence-electron chi connectivity index (χ4n) is 3.02. The van der Waals surface area contributed by atoms with Crippen LogP contribution >= 0.6 is 23.2 Å². The molecule has 1 saturated carbocycles. The molecule has 2 aromatic rings. The molecule has 2 amide bonds. The van der Waals surface area contributed by atoms with Gasteiger partial charge in [0, 0.05) is 30.9 Å². The van der Waals surface area contributed by atoms with Crippen molar-refractivity contribution in [3.8, 4) is 0 Å². The molecule has 0 bridgehead atoms. The van der Waals surface area contributed by atoms with Crippen molar-refractivity contribution in [2.24, 2.45) is 0 Å². The molecule has 8 heteroatoms. The highest BCUT2D eigenvalue weighted by Gasteiger charge is 2.30. The molecule has 3 rings (SSSR count). The van der Waals surface area contributed by atoms with Crippen molar-refractivity contribution in [3.05, 3.63) is 51.6 Å². The van der Waals surface area contributed by atoms with Gasteiger partial charge in [0.15, 0.2) is 5.82 Å². The van der Waals surface area contributed by atoms with Crippen molar-refractivity contribution in [1.29, 1.82) is 0 Å². The van der Waals surface area contributed by atoms with E-state index in [1.165, 1.54) is 12.3 Å². The molecule has 0 radical (unpaired) electrons. The molecule has 0 aliphatic heterocycles. The SMILES string of the molecule is Cc1ccc(C)c(NC(=O)CN(CCC(=O)Nc2ncc(Cl)cc2Cl)C2CC2)c1. The number of carbonyl (C=O) groups excluding carboxylic acids is 2. The number of hydrogen-bond donors (Lipinski definition) is 2. The Morgan fingerprint density at radius 1 is 1.14 bits per heavy atom. The number of amides is 2. The van der Waals surface area contributed by atoms with E-state index in [4.69, 9.17) is 23.2 Å². The molecule has 0 atom stereocenters. The summed E-state index contributed by atoms with van der Waals surface area (Å²) in [4.78, 5) is 30.9. The van der Waals surface area contributed by atoms with Gasteiger partial charge >= 0.3 is 0 Å². The van der Waals surface area contributed by atoms with Gasteiger partial charge < -0.3 is 10.6 Å². The number of anilines is 2. The zero-order chi connectivity index (χ0) is 21.0. The number of rotatable bonds is 8. The molecule has 0 unspecified atom stereocenters. The zero-order valence-corrected chi connectivity index (χ0v) is 18.0. The van der Waals surface area contributed by atoms with Crippen molar-refractivity contribution in [1.82, 2.24) is 9.88 Å². The van der Waals surface area contributed by atoms with Crippen LogP contribution < -0.4 is 10.6 Å². The third kappa shape index (κ3) is 6.42. The third-order valence-electron chi connectivity index (χ3n) is 4.77. The van der Waals surface area contributed by atoms with Gasteiger partial charge in [-0.05, 0) is 49.9 Å². The second kappa shape index (κ2) is 9.57. The molecular formula is C21H24Cl2N4O2. The first-order valence-electron chi connectivity index (χ1n) is 9.54. The Bertz CT molecular complexity index is 916. The first-order chi connectivity index (χ1) is 13.8. The maximum atomic E-state index is 12.5. The lowest BCUT2D eigenvalue weighted by Crippen LogP contribution is -2.37. The summed E-state index contributed by atoms with van der Waals surface area (Å²) in [5.74, 6) is 0.00225. The van der Waals surface area contributed by atoms with Crippen molar-refractivity contribution < 1.29 is 9.59 Å². The van der Waals surface area contributed by atoms with Gasteiger partial charge in [-0.15, -0.1) is 0 Å². The van der Waals surface area contributed by atoms with Gasteiger partial charge in [0.2, 0.25) is 11.8 Å². The molecule has 1 aromatic heterocycles. The summed E-state index contributed by atoms with van der Waals surface area (Å²) in [5, 5.41) is 6.37. The van der Waals surface area contributed by atoms with E-state index in [1.807, 2.05) is 32.0 Å². The number of carbonyl (C=O) groups is 2. The second-order valence-corrected chi connectivity index (χ2v) is 8.19. The lowest BCUT2D eigenvalue weighted by Gasteiger charge is -2.21. The van der Waals surface area contributed by atoms with Crippen LogP contribution in [0.4, 0.5) is 11.5 Å². The number of benzene rings is 1. The number of nitrogens with one attached hydrogen (secondary N) is 2. The van der Waals surface area contributed by atoms with Gasteiger partial charge in [-0.2, -0.15) is 0 Å². The summed E-state index contributed by atoms with van der Waals surface area (Å²) < 4.78 is 0. The Hall–Kier alpha value is -2.15. The van der Waals surface area contributed by atoms with Gasteiger partial charge in [-0.1, -0.05) is 35.3 Å². The lowest BCUT2D eigenvalue weighted by molar-refractivity contribution is -0.119. The van der Waals surface area contributed by atoms with Crippen LogP contribution in [0.25, 0.3) is 0 Å². The number of aromatic nitrogens is 1. The quantitative estimate of drug-likeness (QED) is 0.643. The first kappa shape index (κ1) is 21.6. The standard InChI is InChI=1S/C21H24Cl2N4O2/c1-13-3-4-14(2)18(9-13)25-20(29)12-27(16-5-6-16)8-7-19(28)26-21-17(23)10-15(22)11-24-21/h3-4,9-11,16H,5-8,12H2,1-2H3,(H,25,29)(H,24,26,28). The molecule has 1 aliphatic carbocycles. The molecule has 29 heavy (non-hydrogen) atoms. The van der Waals surface area contributed by atoms with E-state index in [0.29, 0.717) is 17.6 Å². The van der Waals surface area contributed by atoms with Gasteiger partial charge in [0.05, 0.1) is 16.6 Å². The van der Waals surface area contributed by atoms with Crippen LogP contribution in [-0.2, 0) is 9.59 Å². The van der Waals surface area contributed by atoms with E-state index in [9.17, 15) is 9.59 Å². The molecule has 1 aliphatic rings. The highest BCUT2D eigenvalue weighted by molar-refractivity contribution is 6.36. The van der Waals surface area contributed by atoms with E-state index < -0.39 is 0 Å². The van der Waals surface area contributed by atoms with Crippen LogP contribution in [0.1, 0.15) is 30.4 Å².